The summed E-state index contributed by atoms with van der Waals surface area (Å²) in [6.45, 7) is 3.04. The van der Waals surface area contributed by atoms with Crippen LogP contribution in [-0.4, -0.2) is 9.55 Å². The van der Waals surface area contributed by atoms with Gasteiger partial charge in [-0.3, -0.25) is 0 Å². The van der Waals surface area contributed by atoms with Crippen molar-refractivity contribution >= 4 is 38.5 Å². The summed E-state index contributed by atoms with van der Waals surface area (Å²) in [6.07, 6.45) is 4.57. The number of aromatic nitrogens is 2. The Hall–Kier alpha value is -0.400. The van der Waals surface area contributed by atoms with Gasteiger partial charge in [-0.1, -0.05) is 15.9 Å². The van der Waals surface area contributed by atoms with Crippen LogP contribution < -0.4 is 5.73 Å². The van der Waals surface area contributed by atoms with Crippen molar-refractivity contribution in [2.75, 3.05) is 0 Å². The van der Waals surface area contributed by atoms with Gasteiger partial charge in [0.05, 0.1) is 0 Å². The smallest absolute Gasteiger partial charge is 0.110 e. The van der Waals surface area contributed by atoms with Crippen LogP contribution in [0, 0.1) is 3.57 Å². The van der Waals surface area contributed by atoms with E-state index in [1.165, 1.54) is 3.57 Å². The Kier molecular flexibility index (Phi) is 4.80. The second-order valence-corrected chi connectivity index (χ2v) is 6.21. The molecular weight excluding hydrogens is 405 g/mol. The molecule has 1 aromatic heterocycles. The van der Waals surface area contributed by atoms with Crippen LogP contribution in [0.3, 0.4) is 0 Å². The fraction of sp³-hybridized carbons (Fsp3) is 0.308. The summed E-state index contributed by atoms with van der Waals surface area (Å²) < 4.78 is 4.38. The molecule has 0 aliphatic carbocycles. The molecular formula is C13H15BrIN3. The molecule has 0 spiro atoms. The highest BCUT2D eigenvalue weighted by Crippen LogP contribution is 2.26. The first-order valence-electron chi connectivity index (χ1n) is 5.82. The van der Waals surface area contributed by atoms with Crippen LogP contribution in [0.4, 0.5) is 0 Å². The van der Waals surface area contributed by atoms with Crippen LogP contribution in [0.5, 0.6) is 0 Å². The highest BCUT2D eigenvalue weighted by molar-refractivity contribution is 14.1. The van der Waals surface area contributed by atoms with Gasteiger partial charge in [0.15, 0.2) is 0 Å². The molecule has 2 aromatic rings. The van der Waals surface area contributed by atoms with Crippen molar-refractivity contribution in [2.45, 2.75) is 25.9 Å². The summed E-state index contributed by atoms with van der Waals surface area (Å²) in [5, 5.41) is 0. The molecule has 3 nitrogen and oxygen atoms in total. The molecule has 5 heteroatoms. The molecule has 1 unspecified atom stereocenters. The monoisotopic (exact) mass is 419 g/mol. The summed E-state index contributed by atoms with van der Waals surface area (Å²) in [5.41, 5.74) is 7.42. The van der Waals surface area contributed by atoms with Gasteiger partial charge in [-0.2, -0.15) is 0 Å². The average Bonchev–Trinajstić information content (AvgIpc) is 2.79. The van der Waals surface area contributed by atoms with Crippen molar-refractivity contribution in [3.05, 3.63) is 50.0 Å². The topological polar surface area (TPSA) is 43.8 Å². The molecule has 0 bridgehead atoms. The number of rotatable bonds is 4. The summed E-state index contributed by atoms with van der Waals surface area (Å²) >= 11 is 5.86. The van der Waals surface area contributed by atoms with E-state index in [9.17, 15) is 0 Å². The Morgan fingerprint density at radius 1 is 1.50 bits per heavy atom. The van der Waals surface area contributed by atoms with Crippen molar-refractivity contribution in [3.63, 3.8) is 0 Å². The third-order valence-electron chi connectivity index (χ3n) is 2.90. The third kappa shape index (κ3) is 3.13. The minimum atomic E-state index is -0.0400. The number of halogens is 2. The minimum Gasteiger partial charge on any atom is -0.335 e. The standard InChI is InChI=1S/C13H15BrIN3/c1-2-18-6-5-17-13(18)8-12(16)10-7-9(15)3-4-11(10)14/h3-7,12H,2,8,16H2,1H3. The number of imidazole rings is 1. The molecule has 0 radical (unpaired) electrons. The van der Waals surface area contributed by atoms with Crippen LogP contribution in [0.1, 0.15) is 24.4 Å². The van der Waals surface area contributed by atoms with Crippen LogP contribution in [0.2, 0.25) is 0 Å². The Balaban J connectivity index is 2.21. The van der Waals surface area contributed by atoms with Crippen LogP contribution in [0.15, 0.2) is 35.1 Å². The molecule has 96 valence electrons. The van der Waals surface area contributed by atoms with Gasteiger partial charge in [0.1, 0.15) is 5.82 Å². The van der Waals surface area contributed by atoms with Crippen molar-refractivity contribution in [1.29, 1.82) is 0 Å². The third-order valence-corrected chi connectivity index (χ3v) is 4.30. The van der Waals surface area contributed by atoms with Gasteiger partial charge in [-0.05, 0) is 53.3 Å². The lowest BCUT2D eigenvalue weighted by Gasteiger charge is -2.15. The molecule has 2 rings (SSSR count). The van der Waals surface area contributed by atoms with E-state index in [0.29, 0.717) is 0 Å². The number of nitrogens with two attached hydrogens (primary N) is 1. The first-order chi connectivity index (χ1) is 8.61. The molecule has 1 atom stereocenters. The number of nitrogens with zero attached hydrogens (tertiary/aromatic N) is 2. The minimum absolute atomic E-state index is 0.0400. The lowest BCUT2D eigenvalue weighted by Crippen LogP contribution is -2.17. The first-order valence-corrected chi connectivity index (χ1v) is 7.69. The summed E-state index contributed by atoms with van der Waals surface area (Å²) in [7, 11) is 0. The highest BCUT2D eigenvalue weighted by Gasteiger charge is 2.13. The van der Waals surface area contributed by atoms with E-state index in [2.05, 4.69) is 67.1 Å². The van der Waals surface area contributed by atoms with E-state index in [1.807, 2.05) is 18.5 Å². The van der Waals surface area contributed by atoms with E-state index in [0.717, 1.165) is 28.8 Å². The highest BCUT2D eigenvalue weighted by atomic mass is 127. The zero-order valence-electron chi connectivity index (χ0n) is 10.1. The van der Waals surface area contributed by atoms with E-state index in [-0.39, 0.29) is 6.04 Å². The Labute approximate surface area is 129 Å². The largest absolute Gasteiger partial charge is 0.335 e. The fourth-order valence-corrected chi connectivity index (χ4v) is 2.98. The maximum Gasteiger partial charge on any atom is 0.110 e. The van der Waals surface area contributed by atoms with E-state index in [1.54, 1.807) is 0 Å². The quantitative estimate of drug-likeness (QED) is 0.770. The first kappa shape index (κ1) is 14.0. The molecule has 18 heavy (non-hydrogen) atoms. The number of benzene rings is 1. The molecule has 0 fully saturated rings. The molecule has 0 saturated heterocycles. The van der Waals surface area contributed by atoms with Gasteiger partial charge in [-0.15, -0.1) is 0 Å². The number of hydrogen-bond donors (Lipinski definition) is 1. The molecule has 0 saturated carbocycles. The maximum absolute atomic E-state index is 6.29. The van der Waals surface area contributed by atoms with Gasteiger partial charge < -0.3 is 10.3 Å². The summed E-state index contributed by atoms with van der Waals surface area (Å²) in [4.78, 5) is 4.37. The predicted octanol–water partition coefficient (Wildman–Crippen LogP) is 3.51. The molecule has 0 aliphatic rings. The van der Waals surface area contributed by atoms with Crippen LogP contribution >= 0.6 is 38.5 Å². The second-order valence-electron chi connectivity index (χ2n) is 4.11. The molecule has 1 aromatic carbocycles. The Morgan fingerprint density at radius 3 is 3.00 bits per heavy atom. The van der Waals surface area contributed by atoms with Gasteiger partial charge in [0, 0.05) is 39.4 Å². The van der Waals surface area contributed by atoms with E-state index >= 15 is 0 Å². The van der Waals surface area contributed by atoms with Crippen molar-refractivity contribution in [2.24, 2.45) is 5.73 Å². The summed E-state index contributed by atoms with van der Waals surface area (Å²) in [6, 6.07) is 6.19. The summed E-state index contributed by atoms with van der Waals surface area (Å²) in [5.74, 6) is 1.04. The maximum atomic E-state index is 6.29. The zero-order chi connectivity index (χ0) is 13.1. The Morgan fingerprint density at radius 2 is 2.28 bits per heavy atom. The predicted molar refractivity (Wildman–Crippen MR) is 85.4 cm³/mol. The molecule has 0 amide bonds. The lowest BCUT2D eigenvalue weighted by atomic mass is 10.0. The fourth-order valence-electron chi connectivity index (χ4n) is 1.92. The van der Waals surface area contributed by atoms with Crippen molar-refractivity contribution < 1.29 is 0 Å². The van der Waals surface area contributed by atoms with E-state index in [4.69, 9.17) is 5.73 Å². The normalized spacial score (nSPS) is 12.7. The molecule has 0 aliphatic heterocycles. The lowest BCUT2D eigenvalue weighted by molar-refractivity contribution is 0.626. The average molecular weight is 420 g/mol. The number of aryl methyl sites for hydroxylation is 1. The zero-order valence-corrected chi connectivity index (χ0v) is 13.8. The van der Waals surface area contributed by atoms with Crippen LogP contribution in [0.25, 0.3) is 0 Å². The van der Waals surface area contributed by atoms with Crippen molar-refractivity contribution in [1.82, 2.24) is 9.55 Å². The van der Waals surface area contributed by atoms with Gasteiger partial charge >= 0.3 is 0 Å². The van der Waals surface area contributed by atoms with E-state index < -0.39 is 0 Å². The SMILES string of the molecule is CCn1ccnc1CC(N)c1cc(I)ccc1Br. The van der Waals surface area contributed by atoms with Gasteiger partial charge in [-0.25, -0.2) is 4.98 Å². The van der Waals surface area contributed by atoms with Gasteiger partial charge in [0.2, 0.25) is 0 Å². The molecule has 2 N–H and O–H groups in total. The molecule has 1 heterocycles. The number of hydrogen-bond acceptors (Lipinski definition) is 2. The van der Waals surface area contributed by atoms with Gasteiger partial charge in [0.25, 0.3) is 0 Å². The second kappa shape index (κ2) is 6.16. The van der Waals surface area contributed by atoms with Crippen molar-refractivity contribution in [3.8, 4) is 0 Å². The Bertz CT molecular complexity index is 539. The van der Waals surface area contributed by atoms with Crippen LogP contribution in [-0.2, 0) is 13.0 Å².